The molecule has 0 heterocycles. The van der Waals surface area contributed by atoms with Crippen molar-refractivity contribution in [2.75, 3.05) is 11.9 Å². The first kappa shape index (κ1) is 16.0. The SMILES string of the molecule is Cc1ccc(NC(=O)CNC(=O)c2ccccc2C)cc1Cl. The van der Waals surface area contributed by atoms with Gasteiger partial charge in [0.15, 0.2) is 0 Å². The predicted octanol–water partition coefficient (Wildman–Crippen LogP) is 3.33. The molecule has 2 aromatic rings. The lowest BCUT2D eigenvalue weighted by Crippen LogP contribution is -2.33. The zero-order valence-corrected chi connectivity index (χ0v) is 13.2. The summed E-state index contributed by atoms with van der Waals surface area (Å²) in [5.74, 6) is -0.572. The summed E-state index contributed by atoms with van der Waals surface area (Å²) in [5.41, 5.74) is 2.97. The topological polar surface area (TPSA) is 58.2 Å². The van der Waals surface area contributed by atoms with Crippen LogP contribution in [0.5, 0.6) is 0 Å². The van der Waals surface area contributed by atoms with E-state index < -0.39 is 0 Å². The summed E-state index contributed by atoms with van der Waals surface area (Å²) in [6.07, 6.45) is 0. The Morgan fingerprint density at radius 2 is 1.77 bits per heavy atom. The predicted molar refractivity (Wildman–Crippen MR) is 88.3 cm³/mol. The van der Waals surface area contributed by atoms with Crippen molar-refractivity contribution in [3.8, 4) is 0 Å². The number of anilines is 1. The van der Waals surface area contributed by atoms with Crippen LogP contribution in [0.2, 0.25) is 5.02 Å². The van der Waals surface area contributed by atoms with E-state index in [0.717, 1.165) is 11.1 Å². The summed E-state index contributed by atoms with van der Waals surface area (Å²) in [4.78, 5) is 23.9. The molecule has 0 fully saturated rings. The second kappa shape index (κ2) is 7.09. The molecular formula is C17H17ClN2O2. The van der Waals surface area contributed by atoms with Gasteiger partial charge < -0.3 is 10.6 Å². The van der Waals surface area contributed by atoms with Crippen molar-refractivity contribution in [2.45, 2.75) is 13.8 Å². The summed E-state index contributed by atoms with van der Waals surface area (Å²) in [6.45, 7) is 3.64. The maximum Gasteiger partial charge on any atom is 0.251 e. The van der Waals surface area contributed by atoms with E-state index in [2.05, 4.69) is 10.6 Å². The first-order valence-electron chi connectivity index (χ1n) is 6.87. The van der Waals surface area contributed by atoms with E-state index in [9.17, 15) is 9.59 Å². The number of benzene rings is 2. The van der Waals surface area contributed by atoms with Gasteiger partial charge >= 0.3 is 0 Å². The highest BCUT2D eigenvalue weighted by Crippen LogP contribution is 2.19. The van der Waals surface area contributed by atoms with Gasteiger partial charge in [-0.05, 0) is 43.2 Å². The Morgan fingerprint density at radius 1 is 1.05 bits per heavy atom. The summed E-state index contributed by atoms with van der Waals surface area (Å²) >= 11 is 6.00. The maximum absolute atomic E-state index is 12.0. The average molecular weight is 317 g/mol. The van der Waals surface area contributed by atoms with Crippen molar-refractivity contribution in [3.63, 3.8) is 0 Å². The van der Waals surface area contributed by atoms with Crippen LogP contribution in [0.25, 0.3) is 0 Å². The summed E-state index contributed by atoms with van der Waals surface area (Å²) in [6, 6.07) is 12.5. The number of carbonyl (C=O) groups is 2. The van der Waals surface area contributed by atoms with E-state index in [0.29, 0.717) is 16.3 Å². The van der Waals surface area contributed by atoms with E-state index in [1.165, 1.54) is 0 Å². The molecule has 22 heavy (non-hydrogen) atoms. The van der Waals surface area contributed by atoms with Gasteiger partial charge in [0.2, 0.25) is 5.91 Å². The van der Waals surface area contributed by atoms with Gasteiger partial charge in [-0.2, -0.15) is 0 Å². The fourth-order valence-electron chi connectivity index (χ4n) is 1.96. The minimum Gasteiger partial charge on any atom is -0.343 e. The van der Waals surface area contributed by atoms with Gasteiger partial charge in [-0.25, -0.2) is 0 Å². The van der Waals surface area contributed by atoms with Gasteiger partial charge in [0.25, 0.3) is 5.91 Å². The number of carbonyl (C=O) groups excluding carboxylic acids is 2. The molecule has 2 amide bonds. The Labute approximate surface area is 134 Å². The molecule has 0 atom stereocenters. The van der Waals surface area contributed by atoms with Crippen LogP contribution in [0.15, 0.2) is 42.5 Å². The van der Waals surface area contributed by atoms with Crippen molar-refractivity contribution < 1.29 is 9.59 Å². The lowest BCUT2D eigenvalue weighted by molar-refractivity contribution is -0.115. The smallest absolute Gasteiger partial charge is 0.251 e. The van der Waals surface area contributed by atoms with Gasteiger partial charge in [0.1, 0.15) is 0 Å². The first-order chi connectivity index (χ1) is 10.5. The molecule has 0 aliphatic rings. The van der Waals surface area contributed by atoms with Crippen molar-refractivity contribution >= 4 is 29.1 Å². The van der Waals surface area contributed by atoms with Crippen LogP contribution in [0.4, 0.5) is 5.69 Å². The first-order valence-corrected chi connectivity index (χ1v) is 7.25. The second-order valence-electron chi connectivity index (χ2n) is 5.01. The molecule has 2 rings (SSSR count). The molecule has 0 saturated carbocycles. The Kier molecular flexibility index (Phi) is 5.17. The molecule has 0 aliphatic heterocycles. The minimum absolute atomic E-state index is 0.0985. The van der Waals surface area contributed by atoms with E-state index in [4.69, 9.17) is 11.6 Å². The van der Waals surface area contributed by atoms with E-state index in [1.807, 2.05) is 32.0 Å². The zero-order chi connectivity index (χ0) is 16.1. The second-order valence-corrected chi connectivity index (χ2v) is 5.42. The fraction of sp³-hybridized carbons (Fsp3) is 0.176. The molecular weight excluding hydrogens is 300 g/mol. The van der Waals surface area contributed by atoms with Gasteiger partial charge in [-0.3, -0.25) is 9.59 Å². The summed E-state index contributed by atoms with van der Waals surface area (Å²) in [7, 11) is 0. The standard InChI is InChI=1S/C17H17ClN2O2/c1-11-5-3-4-6-14(11)17(22)19-10-16(21)20-13-8-7-12(2)15(18)9-13/h3-9H,10H2,1-2H3,(H,19,22)(H,20,21). The van der Waals surface area contributed by atoms with Crippen LogP contribution >= 0.6 is 11.6 Å². The number of amides is 2. The molecule has 2 aromatic carbocycles. The highest BCUT2D eigenvalue weighted by molar-refractivity contribution is 6.31. The molecule has 0 radical (unpaired) electrons. The van der Waals surface area contributed by atoms with Crippen LogP contribution in [-0.2, 0) is 4.79 Å². The van der Waals surface area contributed by atoms with E-state index in [-0.39, 0.29) is 18.4 Å². The Hall–Kier alpha value is -2.33. The van der Waals surface area contributed by atoms with Gasteiger partial charge in [0, 0.05) is 16.3 Å². The maximum atomic E-state index is 12.0. The largest absolute Gasteiger partial charge is 0.343 e. The molecule has 5 heteroatoms. The van der Waals surface area contributed by atoms with Gasteiger partial charge in [0.05, 0.1) is 6.54 Å². The number of halogens is 1. The van der Waals surface area contributed by atoms with Crippen LogP contribution in [0, 0.1) is 13.8 Å². The number of aryl methyl sites for hydroxylation is 2. The third kappa shape index (κ3) is 4.09. The average Bonchev–Trinajstić information content (AvgIpc) is 2.49. The highest BCUT2D eigenvalue weighted by atomic mass is 35.5. The quantitative estimate of drug-likeness (QED) is 0.909. The van der Waals surface area contributed by atoms with Gasteiger partial charge in [-0.15, -0.1) is 0 Å². The van der Waals surface area contributed by atoms with Crippen molar-refractivity contribution in [3.05, 3.63) is 64.2 Å². The van der Waals surface area contributed by atoms with Crippen molar-refractivity contribution in [1.82, 2.24) is 5.32 Å². The number of nitrogens with one attached hydrogen (secondary N) is 2. The van der Waals surface area contributed by atoms with Crippen LogP contribution in [0.1, 0.15) is 21.5 Å². The highest BCUT2D eigenvalue weighted by Gasteiger charge is 2.10. The Morgan fingerprint density at radius 3 is 2.45 bits per heavy atom. The number of rotatable bonds is 4. The molecule has 0 unspecified atom stereocenters. The zero-order valence-electron chi connectivity index (χ0n) is 12.4. The third-order valence-corrected chi connectivity index (χ3v) is 3.66. The molecule has 2 N–H and O–H groups in total. The molecule has 0 saturated heterocycles. The monoisotopic (exact) mass is 316 g/mol. The van der Waals surface area contributed by atoms with Crippen molar-refractivity contribution in [2.24, 2.45) is 0 Å². The molecule has 114 valence electrons. The minimum atomic E-state index is -0.304. The lowest BCUT2D eigenvalue weighted by Gasteiger charge is -2.09. The van der Waals surface area contributed by atoms with Crippen LogP contribution < -0.4 is 10.6 Å². The molecule has 0 aromatic heterocycles. The molecule has 4 nitrogen and oxygen atoms in total. The molecule has 0 aliphatic carbocycles. The number of hydrogen-bond donors (Lipinski definition) is 2. The number of hydrogen-bond acceptors (Lipinski definition) is 2. The molecule has 0 spiro atoms. The lowest BCUT2D eigenvalue weighted by atomic mass is 10.1. The normalized spacial score (nSPS) is 10.1. The fourth-order valence-corrected chi connectivity index (χ4v) is 2.14. The van der Waals surface area contributed by atoms with Gasteiger partial charge in [-0.1, -0.05) is 35.9 Å². The Balaban J connectivity index is 1.91. The van der Waals surface area contributed by atoms with Crippen LogP contribution in [0.3, 0.4) is 0 Å². The van der Waals surface area contributed by atoms with E-state index in [1.54, 1.807) is 24.3 Å². The van der Waals surface area contributed by atoms with Crippen molar-refractivity contribution in [1.29, 1.82) is 0 Å². The Bertz CT molecular complexity index is 714. The summed E-state index contributed by atoms with van der Waals surface area (Å²) < 4.78 is 0. The van der Waals surface area contributed by atoms with E-state index >= 15 is 0 Å². The third-order valence-electron chi connectivity index (χ3n) is 3.25. The summed E-state index contributed by atoms with van der Waals surface area (Å²) in [5, 5.41) is 5.88. The van der Waals surface area contributed by atoms with Crippen LogP contribution in [-0.4, -0.2) is 18.4 Å². The molecule has 0 bridgehead atoms.